The number of rotatable bonds is 4. The van der Waals surface area contributed by atoms with Gasteiger partial charge in [0, 0.05) is 58.0 Å². The maximum absolute atomic E-state index is 13.1. The number of amides is 2. The van der Waals surface area contributed by atoms with Crippen LogP contribution in [0.3, 0.4) is 0 Å². The molecule has 0 aromatic heterocycles. The first-order chi connectivity index (χ1) is 13.3. The Kier molecular flexibility index (Phi) is 6.13. The van der Waals surface area contributed by atoms with E-state index < -0.39 is 5.41 Å². The first-order valence-corrected chi connectivity index (χ1v) is 9.99. The van der Waals surface area contributed by atoms with E-state index in [0.717, 1.165) is 37.6 Å². The van der Waals surface area contributed by atoms with E-state index in [-0.39, 0.29) is 11.8 Å². The van der Waals surface area contributed by atoms with Gasteiger partial charge in [-0.15, -0.1) is 0 Å². The summed E-state index contributed by atoms with van der Waals surface area (Å²) in [6, 6.07) is 7.98. The van der Waals surface area contributed by atoms with Gasteiger partial charge in [-0.05, 0) is 45.2 Å². The van der Waals surface area contributed by atoms with E-state index in [4.69, 9.17) is 4.74 Å². The summed E-state index contributed by atoms with van der Waals surface area (Å²) in [7, 11) is 3.71. The maximum atomic E-state index is 13.1. The summed E-state index contributed by atoms with van der Waals surface area (Å²) in [5.41, 5.74) is 0.110. The van der Waals surface area contributed by atoms with Crippen molar-refractivity contribution in [1.82, 2.24) is 14.7 Å². The number of likely N-dealkylation sites (N-methyl/N-ethyl adjacent to an activating group) is 1. The van der Waals surface area contributed by atoms with E-state index in [2.05, 4.69) is 16.8 Å². The Bertz CT molecular complexity index is 688. The molecule has 1 aromatic carbocycles. The van der Waals surface area contributed by atoms with Crippen molar-refractivity contribution in [3.8, 4) is 5.75 Å². The van der Waals surface area contributed by atoms with Crippen LogP contribution >= 0.6 is 0 Å². The third kappa shape index (κ3) is 4.24. The Labute approximate surface area is 167 Å². The lowest BCUT2D eigenvalue weighted by Gasteiger charge is -2.41. The molecule has 28 heavy (non-hydrogen) atoms. The zero-order chi connectivity index (χ0) is 20.3. The van der Waals surface area contributed by atoms with Crippen LogP contribution in [-0.4, -0.2) is 93.0 Å². The fourth-order valence-electron chi connectivity index (χ4n) is 3.85. The lowest BCUT2D eigenvalue weighted by Crippen LogP contribution is -2.58. The molecule has 2 amide bonds. The van der Waals surface area contributed by atoms with E-state index in [1.165, 1.54) is 0 Å². The monoisotopic (exact) mass is 388 g/mol. The predicted octanol–water partition coefficient (Wildman–Crippen LogP) is 1.14. The van der Waals surface area contributed by atoms with E-state index in [1.54, 1.807) is 21.0 Å². The summed E-state index contributed by atoms with van der Waals surface area (Å²) in [5, 5.41) is 0. The summed E-state index contributed by atoms with van der Waals surface area (Å²) in [6.45, 7) is 9.42. The van der Waals surface area contributed by atoms with Gasteiger partial charge in [-0.3, -0.25) is 9.59 Å². The molecule has 2 aliphatic heterocycles. The molecule has 0 radical (unpaired) electrons. The van der Waals surface area contributed by atoms with Crippen LogP contribution in [0.1, 0.15) is 13.8 Å². The Balaban J connectivity index is 1.58. The lowest BCUT2D eigenvalue weighted by molar-refractivity contribution is -0.155. The molecule has 2 heterocycles. The van der Waals surface area contributed by atoms with Crippen molar-refractivity contribution in [3.05, 3.63) is 24.3 Å². The standard InChI is InChI=1S/C21H32N4O3/c1-21(2,19(26)24-11-9-22(3)10-12-24)20(27)25-15-13-23(14-16-25)17-5-7-18(28-4)8-6-17/h5-8H,9-16H2,1-4H3. The zero-order valence-electron chi connectivity index (χ0n) is 17.5. The van der Waals surface area contributed by atoms with Crippen LogP contribution in [-0.2, 0) is 9.59 Å². The van der Waals surface area contributed by atoms with Crippen LogP contribution in [0.15, 0.2) is 24.3 Å². The number of benzene rings is 1. The number of hydrogen-bond donors (Lipinski definition) is 0. The van der Waals surface area contributed by atoms with E-state index in [1.807, 2.05) is 34.1 Å². The van der Waals surface area contributed by atoms with Crippen molar-refractivity contribution in [2.24, 2.45) is 5.41 Å². The van der Waals surface area contributed by atoms with Gasteiger partial charge in [0.05, 0.1) is 7.11 Å². The fraction of sp³-hybridized carbons (Fsp3) is 0.619. The highest BCUT2D eigenvalue weighted by Crippen LogP contribution is 2.26. The number of ether oxygens (including phenoxy) is 1. The van der Waals surface area contributed by atoms with Crippen LogP contribution in [0.25, 0.3) is 0 Å². The summed E-state index contributed by atoms with van der Waals surface area (Å²) in [5.74, 6) is 0.718. The molecule has 0 spiro atoms. The number of piperazine rings is 2. The SMILES string of the molecule is COc1ccc(N2CCN(C(=O)C(C)(C)C(=O)N3CCN(C)CC3)CC2)cc1. The first kappa shape index (κ1) is 20.5. The van der Waals surface area contributed by atoms with Crippen molar-refractivity contribution < 1.29 is 14.3 Å². The van der Waals surface area contributed by atoms with Gasteiger partial charge in [0.1, 0.15) is 11.2 Å². The minimum atomic E-state index is -1.02. The molecule has 0 N–H and O–H groups in total. The van der Waals surface area contributed by atoms with E-state index >= 15 is 0 Å². The van der Waals surface area contributed by atoms with Gasteiger partial charge < -0.3 is 24.3 Å². The molecule has 0 atom stereocenters. The van der Waals surface area contributed by atoms with Crippen LogP contribution in [0.5, 0.6) is 5.75 Å². The van der Waals surface area contributed by atoms with Crippen LogP contribution in [0, 0.1) is 5.41 Å². The highest BCUT2D eigenvalue weighted by atomic mass is 16.5. The Morgan fingerprint density at radius 1 is 0.821 bits per heavy atom. The molecule has 154 valence electrons. The quantitative estimate of drug-likeness (QED) is 0.724. The number of anilines is 1. The van der Waals surface area contributed by atoms with Crippen LogP contribution in [0.2, 0.25) is 0 Å². The van der Waals surface area contributed by atoms with Crippen molar-refractivity contribution in [2.45, 2.75) is 13.8 Å². The Hall–Kier alpha value is -2.28. The zero-order valence-corrected chi connectivity index (χ0v) is 17.5. The number of nitrogens with zero attached hydrogens (tertiary/aromatic N) is 4. The average Bonchev–Trinajstić information content (AvgIpc) is 2.73. The smallest absolute Gasteiger partial charge is 0.237 e. The second-order valence-electron chi connectivity index (χ2n) is 8.20. The maximum Gasteiger partial charge on any atom is 0.237 e. The normalized spacial score (nSPS) is 18.9. The van der Waals surface area contributed by atoms with Gasteiger partial charge in [-0.1, -0.05) is 0 Å². The van der Waals surface area contributed by atoms with Crippen LogP contribution in [0.4, 0.5) is 5.69 Å². The third-order valence-corrected chi connectivity index (χ3v) is 5.86. The van der Waals surface area contributed by atoms with Crippen molar-refractivity contribution in [2.75, 3.05) is 71.4 Å². The first-order valence-electron chi connectivity index (χ1n) is 9.99. The molecule has 0 saturated carbocycles. The summed E-state index contributed by atoms with van der Waals surface area (Å²) in [4.78, 5) is 34.3. The van der Waals surface area contributed by atoms with E-state index in [9.17, 15) is 9.59 Å². The molecule has 2 saturated heterocycles. The van der Waals surface area contributed by atoms with Crippen LogP contribution < -0.4 is 9.64 Å². The highest BCUT2D eigenvalue weighted by molar-refractivity contribution is 6.04. The Morgan fingerprint density at radius 3 is 1.75 bits per heavy atom. The van der Waals surface area contributed by atoms with Gasteiger partial charge in [-0.2, -0.15) is 0 Å². The van der Waals surface area contributed by atoms with Crippen molar-refractivity contribution in [3.63, 3.8) is 0 Å². The molecular weight excluding hydrogens is 356 g/mol. The molecule has 2 aliphatic rings. The number of carbonyl (C=O) groups excluding carboxylic acids is 2. The molecule has 0 unspecified atom stereocenters. The molecule has 7 heteroatoms. The van der Waals surface area contributed by atoms with Crippen molar-refractivity contribution in [1.29, 1.82) is 0 Å². The highest BCUT2D eigenvalue weighted by Gasteiger charge is 2.42. The number of carbonyl (C=O) groups is 2. The Morgan fingerprint density at radius 2 is 1.29 bits per heavy atom. The summed E-state index contributed by atoms with van der Waals surface area (Å²) >= 11 is 0. The average molecular weight is 389 g/mol. The molecule has 7 nitrogen and oxygen atoms in total. The molecule has 0 aliphatic carbocycles. The second-order valence-corrected chi connectivity index (χ2v) is 8.20. The molecular formula is C21H32N4O3. The molecule has 0 bridgehead atoms. The molecule has 2 fully saturated rings. The van der Waals surface area contributed by atoms with Gasteiger partial charge in [0.25, 0.3) is 0 Å². The second kappa shape index (κ2) is 8.39. The van der Waals surface area contributed by atoms with E-state index in [0.29, 0.717) is 26.2 Å². The van der Waals surface area contributed by atoms with Crippen molar-refractivity contribution >= 4 is 17.5 Å². The topological polar surface area (TPSA) is 56.3 Å². The lowest BCUT2D eigenvalue weighted by atomic mass is 9.89. The summed E-state index contributed by atoms with van der Waals surface area (Å²) < 4.78 is 5.21. The fourth-order valence-corrected chi connectivity index (χ4v) is 3.85. The molecule has 3 rings (SSSR count). The molecule has 1 aromatic rings. The van der Waals surface area contributed by atoms with Gasteiger partial charge in [0.15, 0.2) is 0 Å². The van der Waals surface area contributed by atoms with Gasteiger partial charge >= 0.3 is 0 Å². The predicted molar refractivity (Wildman–Crippen MR) is 110 cm³/mol. The minimum Gasteiger partial charge on any atom is -0.497 e. The van der Waals surface area contributed by atoms with Gasteiger partial charge in [0.2, 0.25) is 11.8 Å². The largest absolute Gasteiger partial charge is 0.497 e. The van der Waals surface area contributed by atoms with Gasteiger partial charge in [-0.25, -0.2) is 0 Å². The minimum absolute atomic E-state index is 0.0526. The number of methoxy groups -OCH3 is 1. The number of hydrogen-bond acceptors (Lipinski definition) is 5. The third-order valence-electron chi connectivity index (χ3n) is 5.86. The summed E-state index contributed by atoms with van der Waals surface area (Å²) in [6.07, 6.45) is 0.